The van der Waals surface area contributed by atoms with Crippen molar-refractivity contribution in [3.8, 4) is 0 Å². The lowest BCUT2D eigenvalue weighted by molar-refractivity contribution is -0.384. The number of rotatable bonds is 2. The summed E-state index contributed by atoms with van der Waals surface area (Å²) in [6.07, 6.45) is 0.291. The second-order valence-corrected chi connectivity index (χ2v) is 6.44. The molecule has 0 saturated carbocycles. The number of carbonyl (C=O) groups is 1. The van der Waals surface area contributed by atoms with E-state index in [1.807, 2.05) is 30.3 Å². The smallest absolute Gasteiger partial charge is 0.269 e. The fraction of sp³-hybridized carbons (Fsp3) is 0.125. The van der Waals surface area contributed by atoms with Gasteiger partial charge >= 0.3 is 0 Å². The molecule has 1 aliphatic rings. The Morgan fingerprint density at radius 3 is 2.87 bits per heavy atom. The Morgan fingerprint density at radius 1 is 1.22 bits per heavy atom. The van der Waals surface area contributed by atoms with Gasteiger partial charge in [-0.3, -0.25) is 19.5 Å². The fourth-order valence-electron chi connectivity index (χ4n) is 2.77. The van der Waals surface area contributed by atoms with Gasteiger partial charge in [0, 0.05) is 23.8 Å². The standard InChI is InChI=1S/C16H11N3O3S/c20-15-9-14(10-4-3-5-11(8-10)19(21)22)23-16-17-12-6-1-2-7-13(12)18(15)16/h1-8,14H,9H2. The molecule has 23 heavy (non-hydrogen) atoms. The van der Waals surface area contributed by atoms with Crippen LogP contribution in [0.2, 0.25) is 0 Å². The number of fused-ring (bicyclic) bond motifs is 3. The van der Waals surface area contributed by atoms with Crippen molar-refractivity contribution in [2.75, 3.05) is 0 Å². The number of hydrogen-bond acceptors (Lipinski definition) is 5. The Labute approximate surface area is 135 Å². The molecular weight excluding hydrogens is 314 g/mol. The number of nitro groups is 1. The van der Waals surface area contributed by atoms with Crippen molar-refractivity contribution in [3.63, 3.8) is 0 Å². The average molecular weight is 325 g/mol. The van der Waals surface area contributed by atoms with Crippen molar-refractivity contribution in [1.29, 1.82) is 0 Å². The molecular formula is C16H11N3O3S. The first-order valence-corrected chi connectivity index (χ1v) is 7.93. The van der Waals surface area contributed by atoms with Crippen molar-refractivity contribution in [2.24, 2.45) is 0 Å². The predicted octanol–water partition coefficient (Wildman–Crippen LogP) is 3.82. The quantitative estimate of drug-likeness (QED) is 0.528. The molecule has 0 aliphatic carbocycles. The van der Waals surface area contributed by atoms with Gasteiger partial charge in [0.05, 0.1) is 16.0 Å². The van der Waals surface area contributed by atoms with Gasteiger partial charge < -0.3 is 0 Å². The van der Waals surface area contributed by atoms with Crippen LogP contribution >= 0.6 is 11.8 Å². The van der Waals surface area contributed by atoms with Crippen molar-refractivity contribution < 1.29 is 9.72 Å². The van der Waals surface area contributed by atoms with Crippen LogP contribution in [-0.2, 0) is 0 Å². The zero-order valence-corrected chi connectivity index (χ0v) is 12.7. The first-order chi connectivity index (χ1) is 11.1. The zero-order valence-electron chi connectivity index (χ0n) is 11.9. The number of benzene rings is 2. The molecule has 6 nitrogen and oxygen atoms in total. The lowest BCUT2D eigenvalue weighted by Gasteiger charge is -2.21. The second-order valence-electron chi connectivity index (χ2n) is 5.27. The van der Waals surface area contributed by atoms with E-state index in [9.17, 15) is 14.9 Å². The van der Waals surface area contributed by atoms with E-state index in [0.29, 0.717) is 11.6 Å². The van der Waals surface area contributed by atoms with Gasteiger partial charge in [0.2, 0.25) is 5.91 Å². The highest BCUT2D eigenvalue weighted by Gasteiger charge is 2.30. The van der Waals surface area contributed by atoms with Gasteiger partial charge in [-0.2, -0.15) is 0 Å². The summed E-state index contributed by atoms with van der Waals surface area (Å²) in [5.74, 6) is -0.0380. The van der Waals surface area contributed by atoms with Crippen LogP contribution in [0, 0.1) is 10.1 Å². The highest BCUT2D eigenvalue weighted by Crippen LogP contribution is 2.43. The molecule has 0 amide bonds. The third kappa shape index (κ3) is 2.29. The number of nitrogens with zero attached hydrogens (tertiary/aromatic N) is 3. The molecule has 0 saturated heterocycles. The number of para-hydroxylation sites is 2. The summed E-state index contributed by atoms with van der Waals surface area (Å²) in [6.45, 7) is 0. The molecule has 1 aliphatic heterocycles. The van der Waals surface area contributed by atoms with E-state index in [2.05, 4.69) is 4.98 Å². The Bertz CT molecular complexity index is 951. The van der Waals surface area contributed by atoms with Crippen LogP contribution in [0.1, 0.15) is 22.0 Å². The molecule has 0 bridgehead atoms. The van der Waals surface area contributed by atoms with Crippen LogP contribution in [-0.4, -0.2) is 20.4 Å². The first-order valence-electron chi connectivity index (χ1n) is 7.05. The molecule has 4 rings (SSSR count). The third-order valence-electron chi connectivity index (χ3n) is 3.84. The van der Waals surface area contributed by atoms with Crippen molar-refractivity contribution in [2.45, 2.75) is 16.8 Å². The minimum Gasteiger partial charge on any atom is -0.274 e. The number of hydrogen-bond donors (Lipinski definition) is 0. The molecule has 114 valence electrons. The predicted molar refractivity (Wildman–Crippen MR) is 86.7 cm³/mol. The maximum Gasteiger partial charge on any atom is 0.269 e. The van der Waals surface area contributed by atoms with Gasteiger partial charge in [-0.25, -0.2) is 4.98 Å². The van der Waals surface area contributed by atoms with Crippen LogP contribution in [0.25, 0.3) is 11.0 Å². The summed E-state index contributed by atoms with van der Waals surface area (Å²) >= 11 is 1.47. The van der Waals surface area contributed by atoms with Gasteiger partial charge in [-0.1, -0.05) is 36.0 Å². The van der Waals surface area contributed by atoms with E-state index in [1.54, 1.807) is 10.6 Å². The molecule has 1 unspecified atom stereocenters. The number of aromatic nitrogens is 2. The van der Waals surface area contributed by atoms with Crippen LogP contribution in [0.15, 0.2) is 53.7 Å². The number of carbonyl (C=O) groups excluding carboxylic acids is 1. The van der Waals surface area contributed by atoms with E-state index in [4.69, 9.17) is 0 Å². The average Bonchev–Trinajstić information content (AvgIpc) is 2.93. The summed E-state index contributed by atoms with van der Waals surface area (Å²) < 4.78 is 1.63. The molecule has 1 atom stereocenters. The van der Waals surface area contributed by atoms with E-state index in [0.717, 1.165) is 16.6 Å². The lowest BCUT2D eigenvalue weighted by atomic mass is 10.1. The normalized spacial score (nSPS) is 17.2. The third-order valence-corrected chi connectivity index (χ3v) is 5.05. The van der Waals surface area contributed by atoms with Crippen molar-refractivity contribution >= 4 is 34.4 Å². The largest absolute Gasteiger partial charge is 0.274 e. The Balaban J connectivity index is 1.76. The summed E-state index contributed by atoms with van der Waals surface area (Å²) in [5.41, 5.74) is 2.39. The Morgan fingerprint density at radius 2 is 2.04 bits per heavy atom. The molecule has 0 radical (unpaired) electrons. The van der Waals surface area contributed by atoms with E-state index < -0.39 is 4.92 Å². The summed E-state index contributed by atoms with van der Waals surface area (Å²) in [6, 6.07) is 14.0. The van der Waals surface area contributed by atoms with Crippen LogP contribution in [0.3, 0.4) is 0 Å². The van der Waals surface area contributed by atoms with Crippen LogP contribution < -0.4 is 0 Å². The summed E-state index contributed by atoms with van der Waals surface area (Å²) in [4.78, 5) is 27.6. The SMILES string of the molecule is O=C1CC(c2cccc([N+](=O)[O-])c2)Sc2nc3ccccc3n21. The molecule has 2 aromatic carbocycles. The van der Waals surface area contributed by atoms with Crippen molar-refractivity contribution in [1.82, 2.24) is 9.55 Å². The molecule has 2 heterocycles. The molecule has 0 spiro atoms. The van der Waals surface area contributed by atoms with E-state index in [-0.39, 0.29) is 16.8 Å². The molecule has 3 aromatic rings. The number of nitro benzene ring substituents is 1. The molecule has 1 aromatic heterocycles. The monoisotopic (exact) mass is 325 g/mol. The maximum absolute atomic E-state index is 12.5. The minimum atomic E-state index is -0.423. The minimum absolute atomic E-state index is 0.0367. The molecule has 0 fully saturated rings. The molecule has 0 N–H and O–H groups in total. The number of non-ortho nitro benzene ring substituents is 1. The highest BCUT2D eigenvalue weighted by molar-refractivity contribution is 7.99. The van der Waals surface area contributed by atoms with Crippen molar-refractivity contribution in [3.05, 3.63) is 64.2 Å². The summed E-state index contributed by atoms with van der Waals surface area (Å²) in [7, 11) is 0. The van der Waals surface area contributed by atoms with Gasteiger partial charge in [-0.05, 0) is 17.7 Å². The topological polar surface area (TPSA) is 78.0 Å². The van der Waals surface area contributed by atoms with E-state index in [1.165, 1.54) is 23.9 Å². The maximum atomic E-state index is 12.5. The Hall–Kier alpha value is -2.67. The lowest BCUT2D eigenvalue weighted by Crippen LogP contribution is -2.19. The fourth-order valence-corrected chi connectivity index (χ4v) is 3.99. The highest BCUT2D eigenvalue weighted by atomic mass is 32.2. The summed E-state index contributed by atoms with van der Waals surface area (Å²) in [5, 5.41) is 11.4. The molecule has 7 heteroatoms. The van der Waals surface area contributed by atoms with Gasteiger partial charge in [0.15, 0.2) is 5.16 Å². The number of thioether (sulfide) groups is 1. The zero-order chi connectivity index (χ0) is 16.0. The van der Waals surface area contributed by atoms with Crippen LogP contribution in [0.4, 0.5) is 5.69 Å². The van der Waals surface area contributed by atoms with Gasteiger partial charge in [0.25, 0.3) is 5.69 Å². The first kappa shape index (κ1) is 14.0. The van der Waals surface area contributed by atoms with Gasteiger partial charge in [0.1, 0.15) is 0 Å². The second kappa shape index (κ2) is 5.20. The van der Waals surface area contributed by atoms with Crippen LogP contribution in [0.5, 0.6) is 0 Å². The van der Waals surface area contributed by atoms with E-state index >= 15 is 0 Å². The number of imidazole rings is 1. The van der Waals surface area contributed by atoms with Gasteiger partial charge in [-0.15, -0.1) is 0 Å². The Kier molecular flexibility index (Phi) is 3.16.